The number of para-hydroxylation sites is 4. The average Bonchev–Trinajstić information content (AvgIpc) is 3.12. The lowest BCUT2D eigenvalue weighted by Crippen LogP contribution is -2.41. The number of imidazole rings is 1. The Morgan fingerprint density at radius 1 is 1.24 bits per heavy atom. The highest BCUT2D eigenvalue weighted by Gasteiger charge is 2.21. The molecule has 1 aliphatic heterocycles. The number of thioether (sulfide) groups is 1. The number of rotatable bonds is 7. The summed E-state index contributed by atoms with van der Waals surface area (Å²) in [6.45, 7) is 1.32. The fourth-order valence-electron chi connectivity index (χ4n) is 3.11. The van der Waals surface area contributed by atoms with Gasteiger partial charge >= 0.3 is 0 Å². The molecule has 7 nitrogen and oxygen atoms in total. The zero-order chi connectivity index (χ0) is 20.1. The second kappa shape index (κ2) is 8.88. The molecule has 1 aliphatic rings. The van der Waals surface area contributed by atoms with Gasteiger partial charge in [-0.15, -0.1) is 0 Å². The maximum atomic E-state index is 12.3. The molecular weight excluding hydrogens is 388 g/mol. The largest absolute Gasteiger partial charge is 0.486 e. The van der Waals surface area contributed by atoms with Crippen molar-refractivity contribution in [3.8, 4) is 17.6 Å². The predicted octanol–water partition coefficient (Wildman–Crippen LogP) is 3.00. The third-order valence-electron chi connectivity index (χ3n) is 4.49. The van der Waals surface area contributed by atoms with Gasteiger partial charge in [-0.1, -0.05) is 36.0 Å². The first-order chi connectivity index (χ1) is 14.2. The first kappa shape index (κ1) is 19.2. The quantitative estimate of drug-likeness (QED) is 0.605. The van der Waals surface area contributed by atoms with Crippen molar-refractivity contribution in [2.24, 2.45) is 0 Å². The lowest BCUT2D eigenvalue weighted by Gasteiger charge is -2.26. The van der Waals surface area contributed by atoms with E-state index in [0.29, 0.717) is 31.9 Å². The fourth-order valence-corrected chi connectivity index (χ4v) is 3.98. The van der Waals surface area contributed by atoms with E-state index in [1.807, 2.05) is 53.1 Å². The Balaban J connectivity index is 1.33. The summed E-state index contributed by atoms with van der Waals surface area (Å²) in [4.78, 5) is 16.9. The SMILES string of the molecule is N#CCCn1c(SCC(=O)NCC2COc3ccccc3O2)nc2ccccc21. The molecule has 0 spiro atoms. The Hall–Kier alpha value is -3.18. The number of nitriles is 1. The molecule has 0 radical (unpaired) electrons. The zero-order valence-electron chi connectivity index (χ0n) is 15.7. The van der Waals surface area contributed by atoms with Crippen LogP contribution < -0.4 is 14.8 Å². The van der Waals surface area contributed by atoms with Crippen LogP contribution in [0.25, 0.3) is 11.0 Å². The van der Waals surface area contributed by atoms with E-state index in [9.17, 15) is 4.79 Å². The second-order valence-electron chi connectivity index (χ2n) is 6.53. The van der Waals surface area contributed by atoms with Crippen LogP contribution in [0.2, 0.25) is 0 Å². The molecule has 4 rings (SSSR count). The van der Waals surface area contributed by atoms with Crippen molar-refractivity contribution in [3.05, 3.63) is 48.5 Å². The van der Waals surface area contributed by atoms with Gasteiger partial charge in [0, 0.05) is 6.54 Å². The molecule has 0 bridgehead atoms. The number of hydrogen-bond acceptors (Lipinski definition) is 6. The average molecular weight is 408 g/mol. The van der Waals surface area contributed by atoms with E-state index >= 15 is 0 Å². The highest BCUT2D eigenvalue weighted by atomic mass is 32.2. The van der Waals surface area contributed by atoms with Gasteiger partial charge in [0.25, 0.3) is 0 Å². The molecule has 2 heterocycles. The smallest absolute Gasteiger partial charge is 0.230 e. The molecule has 1 atom stereocenters. The van der Waals surface area contributed by atoms with Gasteiger partial charge in [-0.05, 0) is 24.3 Å². The van der Waals surface area contributed by atoms with E-state index in [2.05, 4.69) is 16.4 Å². The van der Waals surface area contributed by atoms with Crippen LogP contribution in [-0.2, 0) is 11.3 Å². The Bertz CT molecular complexity index is 1060. The predicted molar refractivity (Wildman–Crippen MR) is 110 cm³/mol. The fraction of sp³-hybridized carbons (Fsp3) is 0.286. The third-order valence-corrected chi connectivity index (χ3v) is 5.47. The molecule has 29 heavy (non-hydrogen) atoms. The van der Waals surface area contributed by atoms with E-state index in [-0.39, 0.29) is 17.8 Å². The van der Waals surface area contributed by atoms with Gasteiger partial charge in [0.05, 0.1) is 35.8 Å². The standard InChI is InChI=1S/C21H20N4O3S/c22-10-5-11-25-17-7-2-1-6-16(17)24-21(25)29-14-20(26)23-12-15-13-27-18-8-3-4-9-19(18)28-15/h1-4,6-9,15H,5,11-14H2,(H,23,26). The molecule has 1 unspecified atom stereocenters. The monoisotopic (exact) mass is 408 g/mol. The van der Waals surface area contributed by atoms with Crippen molar-refractivity contribution in [1.82, 2.24) is 14.9 Å². The van der Waals surface area contributed by atoms with Crippen molar-refractivity contribution < 1.29 is 14.3 Å². The maximum Gasteiger partial charge on any atom is 0.230 e. The Labute approximate surface area is 172 Å². The van der Waals surface area contributed by atoms with Crippen molar-refractivity contribution in [2.75, 3.05) is 18.9 Å². The third kappa shape index (κ3) is 4.46. The lowest BCUT2D eigenvalue weighted by atomic mass is 10.2. The van der Waals surface area contributed by atoms with Crippen LogP contribution in [0.5, 0.6) is 11.5 Å². The number of aryl methyl sites for hydroxylation is 1. The summed E-state index contributed by atoms with van der Waals surface area (Å²) >= 11 is 1.36. The van der Waals surface area contributed by atoms with Crippen LogP contribution in [0.3, 0.4) is 0 Å². The Morgan fingerprint density at radius 2 is 2.03 bits per heavy atom. The zero-order valence-corrected chi connectivity index (χ0v) is 16.5. The van der Waals surface area contributed by atoms with E-state index in [1.54, 1.807) is 0 Å². The molecule has 0 aliphatic carbocycles. The van der Waals surface area contributed by atoms with Gasteiger partial charge in [0.1, 0.15) is 12.7 Å². The van der Waals surface area contributed by atoms with Crippen LogP contribution >= 0.6 is 11.8 Å². The van der Waals surface area contributed by atoms with Crippen LogP contribution in [0.1, 0.15) is 6.42 Å². The summed E-state index contributed by atoms with van der Waals surface area (Å²) in [5.74, 6) is 1.55. The number of carbonyl (C=O) groups is 1. The highest BCUT2D eigenvalue weighted by molar-refractivity contribution is 7.99. The summed E-state index contributed by atoms with van der Waals surface area (Å²) in [6.07, 6.45) is 0.166. The lowest BCUT2D eigenvalue weighted by molar-refractivity contribution is -0.119. The number of nitrogens with zero attached hydrogens (tertiary/aromatic N) is 3. The number of amides is 1. The number of benzene rings is 2. The molecule has 0 fully saturated rings. The normalized spacial score (nSPS) is 15.1. The van der Waals surface area contributed by atoms with Crippen molar-refractivity contribution >= 4 is 28.7 Å². The second-order valence-corrected chi connectivity index (χ2v) is 7.48. The first-order valence-electron chi connectivity index (χ1n) is 9.35. The van der Waals surface area contributed by atoms with Crippen molar-refractivity contribution in [2.45, 2.75) is 24.2 Å². The Morgan fingerprint density at radius 3 is 2.90 bits per heavy atom. The van der Waals surface area contributed by atoms with Crippen molar-refractivity contribution in [1.29, 1.82) is 5.26 Å². The first-order valence-corrected chi connectivity index (χ1v) is 10.3. The molecule has 8 heteroatoms. The van der Waals surface area contributed by atoms with E-state index in [0.717, 1.165) is 21.9 Å². The minimum atomic E-state index is -0.223. The number of aromatic nitrogens is 2. The summed E-state index contributed by atoms with van der Waals surface area (Å²) in [5, 5.41) is 12.6. The van der Waals surface area contributed by atoms with Gasteiger partial charge in [0.15, 0.2) is 16.7 Å². The highest BCUT2D eigenvalue weighted by Crippen LogP contribution is 2.30. The molecule has 0 saturated heterocycles. The number of ether oxygens (including phenoxy) is 2. The Kier molecular flexibility index (Phi) is 5.86. The van der Waals surface area contributed by atoms with Crippen molar-refractivity contribution in [3.63, 3.8) is 0 Å². The number of nitrogens with one attached hydrogen (secondary N) is 1. The summed E-state index contributed by atoms with van der Waals surface area (Å²) in [5.41, 5.74) is 1.83. The molecule has 0 saturated carbocycles. The number of fused-ring (bicyclic) bond motifs is 2. The molecule has 1 amide bonds. The summed E-state index contributed by atoms with van der Waals surface area (Å²) in [7, 11) is 0. The van der Waals surface area contributed by atoms with Gasteiger partial charge in [-0.3, -0.25) is 4.79 Å². The van der Waals surface area contributed by atoms with E-state index in [1.165, 1.54) is 11.8 Å². The number of carbonyl (C=O) groups excluding carboxylic acids is 1. The topological polar surface area (TPSA) is 89.2 Å². The maximum absolute atomic E-state index is 12.3. The summed E-state index contributed by atoms with van der Waals surface area (Å²) in [6, 6.07) is 17.4. The van der Waals surface area contributed by atoms with Gasteiger partial charge < -0.3 is 19.4 Å². The molecular formula is C21H20N4O3S. The van der Waals surface area contributed by atoms with Gasteiger partial charge in [-0.25, -0.2) is 4.98 Å². The van der Waals surface area contributed by atoms with Crippen LogP contribution in [0.4, 0.5) is 0 Å². The molecule has 1 aromatic heterocycles. The van der Waals surface area contributed by atoms with E-state index in [4.69, 9.17) is 14.7 Å². The van der Waals surface area contributed by atoms with Crippen LogP contribution in [-0.4, -0.2) is 40.5 Å². The number of hydrogen-bond donors (Lipinski definition) is 1. The van der Waals surface area contributed by atoms with Crippen LogP contribution in [0.15, 0.2) is 53.7 Å². The van der Waals surface area contributed by atoms with E-state index < -0.39 is 0 Å². The minimum absolute atomic E-state index is 0.101. The van der Waals surface area contributed by atoms with Crippen LogP contribution in [0, 0.1) is 11.3 Å². The summed E-state index contributed by atoms with van der Waals surface area (Å²) < 4.78 is 13.5. The minimum Gasteiger partial charge on any atom is -0.486 e. The van der Waals surface area contributed by atoms with Gasteiger partial charge in [0.2, 0.25) is 5.91 Å². The molecule has 2 aromatic carbocycles. The molecule has 148 valence electrons. The van der Waals surface area contributed by atoms with Gasteiger partial charge in [-0.2, -0.15) is 5.26 Å². The molecule has 1 N–H and O–H groups in total. The molecule has 3 aromatic rings.